The van der Waals surface area contributed by atoms with Crippen LogP contribution in [0.1, 0.15) is 11.5 Å². The van der Waals surface area contributed by atoms with E-state index in [2.05, 4.69) is 36.9 Å². The van der Waals surface area contributed by atoms with Gasteiger partial charge in [-0.05, 0) is 18.8 Å². The van der Waals surface area contributed by atoms with Crippen molar-refractivity contribution < 1.29 is 4.42 Å². The highest BCUT2D eigenvalue weighted by atomic mass is 16.4. The van der Waals surface area contributed by atoms with Crippen LogP contribution in [0.2, 0.25) is 0 Å². The maximum atomic E-state index is 5.23. The molecule has 4 rings (SSSR count). The van der Waals surface area contributed by atoms with Crippen molar-refractivity contribution in [2.45, 2.75) is 13.5 Å². The van der Waals surface area contributed by atoms with Gasteiger partial charge in [-0.2, -0.15) is 0 Å². The maximum Gasteiger partial charge on any atom is 0.230 e. The van der Waals surface area contributed by atoms with Gasteiger partial charge >= 0.3 is 0 Å². The van der Waals surface area contributed by atoms with Gasteiger partial charge in [0.05, 0.1) is 6.54 Å². The Morgan fingerprint density at radius 1 is 1.24 bits per heavy atom. The third-order valence-corrected chi connectivity index (χ3v) is 4.49. The van der Waals surface area contributed by atoms with Crippen LogP contribution in [-0.2, 0) is 6.54 Å². The molecule has 4 heterocycles. The molecule has 0 spiro atoms. The molecule has 110 valence electrons. The topological polar surface area (TPSA) is 71.2 Å². The summed E-state index contributed by atoms with van der Waals surface area (Å²) in [5.74, 6) is 3.19. The fraction of sp³-hybridized carbons (Fsp3) is 0.571. The van der Waals surface area contributed by atoms with Gasteiger partial charge in [0.25, 0.3) is 0 Å². The molecule has 0 amide bonds. The zero-order valence-electron chi connectivity index (χ0n) is 12.0. The minimum absolute atomic E-state index is 0.697. The first kappa shape index (κ1) is 12.7. The smallest absolute Gasteiger partial charge is 0.230 e. The van der Waals surface area contributed by atoms with Crippen LogP contribution in [0.3, 0.4) is 0 Å². The van der Waals surface area contributed by atoms with Gasteiger partial charge in [0.2, 0.25) is 12.3 Å². The van der Waals surface area contributed by atoms with E-state index in [4.69, 9.17) is 4.42 Å². The molecule has 2 unspecified atom stereocenters. The van der Waals surface area contributed by atoms with Crippen LogP contribution in [0.4, 0.5) is 5.82 Å². The molecule has 7 nitrogen and oxygen atoms in total. The molecule has 0 aliphatic carbocycles. The Bertz CT molecular complexity index is 602. The second-order valence-electron chi connectivity index (χ2n) is 5.98. The third kappa shape index (κ3) is 2.37. The van der Waals surface area contributed by atoms with E-state index in [0.717, 1.165) is 44.1 Å². The molecular formula is C14H18N6O. The average Bonchev–Trinajstić information content (AvgIpc) is 3.15. The summed E-state index contributed by atoms with van der Waals surface area (Å²) < 4.78 is 5.23. The number of aromatic nitrogens is 4. The molecule has 2 saturated heterocycles. The molecule has 0 saturated carbocycles. The van der Waals surface area contributed by atoms with E-state index >= 15 is 0 Å². The van der Waals surface area contributed by atoms with Crippen molar-refractivity contribution in [1.29, 1.82) is 0 Å². The van der Waals surface area contributed by atoms with Crippen molar-refractivity contribution in [1.82, 2.24) is 25.1 Å². The number of likely N-dealkylation sites (tertiary alicyclic amines) is 1. The number of nitrogens with zero attached hydrogens (tertiary/aromatic N) is 6. The van der Waals surface area contributed by atoms with Crippen molar-refractivity contribution in [2.75, 3.05) is 31.1 Å². The van der Waals surface area contributed by atoms with Crippen LogP contribution in [0.5, 0.6) is 0 Å². The molecule has 2 atom stereocenters. The Balaban J connectivity index is 1.40. The van der Waals surface area contributed by atoms with Crippen LogP contribution in [0, 0.1) is 18.8 Å². The fourth-order valence-corrected chi connectivity index (χ4v) is 3.57. The lowest BCUT2D eigenvalue weighted by Gasteiger charge is -2.22. The second kappa shape index (κ2) is 5.07. The van der Waals surface area contributed by atoms with Crippen molar-refractivity contribution in [3.05, 3.63) is 30.4 Å². The zero-order chi connectivity index (χ0) is 14.2. The van der Waals surface area contributed by atoms with Crippen LogP contribution in [-0.4, -0.2) is 51.2 Å². The molecule has 0 bridgehead atoms. The van der Waals surface area contributed by atoms with E-state index < -0.39 is 0 Å². The Hall–Kier alpha value is -2.02. The van der Waals surface area contributed by atoms with Gasteiger partial charge in [0, 0.05) is 37.9 Å². The first-order valence-electron chi connectivity index (χ1n) is 7.28. The summed E-state index contributed by atoms with van der Waals surface area (Å²) >= 11 is 0. The average molecular weight is 286 g/mol. The van der Waals surface area contributed by atoms with E-state index in [-0.39, 0.29) is 0 Å². The predicted octanol–water partition coefficient (Wildman–Crippen LogP) is 0.736. The Labute approximate surface area is 123 Å². The molecule has 2 aromatic heterocycles. The third-order valence-electron chi connectivity index (χ3n) is 4.49. The monoisotopic (exact) mass is 286 g/mol. The van der Waals surface area contributed by atoms with Gasteiger partial charge in [-0.3, -0.25) is 4.90 Å². The summed E-state index contributed by atoms with van der Waals surface area (Å²) in [4.78, 5) is 13.3. The first-order valence-corrected chi connectivity index (χ1v) is 7.28. The maximum absolute atomic E-state index is 5.23. The highest BCUT2D eigenvalue weighted by Gasteiger charge is 2.40. The van der Waals surface area contributed by atoms with Crippen molar-refractivity contribution in [3.8, 4) is 0 Å². The molecule has 2 fully saturated rings. The molecule has 0 radical (unpaired) electrons. The van der Waals surface area contributed by atoms with Crippen molar-refractivity contribution >= 4 is 5.82 Å². The molecule has 0 N–H and O–H groups in total. The zero-order valence-corrected chi connectivity index (χ0v) is 12.0. The normalized spacial score (nSPS) is 25.5. The van der Waals surface area contributed by atoms with Crippen LogP contribution in [0.25, 0.3) is 0 Å². The standard InChI is InChI=1S/C14H18N6O/c1-10-2-15-8-16-14(10)20-5-11-3-19(4-12(11)6-20)7-13-18-17-9-21-13/h2,8-9,11-12H,3-7H2,1H3. The van der Waals surface area contributed by atoms with Gasteiger partial charge in [-0.15, -0.1) is 10.2 Å². The summed E-state index contributed by atoms with van der Waals surface area (Å²) in [6, 6.07) is 0. The molecular weight excluding hydrogens is 268 g/mol. The van der Waals surface area contributed by atoms with Gasteiger partial charge in [-0.1, -0.05) is 0 Å². The fourth-order valence-electron chi connectivity index (χ4n) is 3.57. The summed E-state index contributed by atoms with van der Waals surface area (Å²) in [6.07, 6.45) is 4.92. The first-order chi connectivity index (χ1) is 10.3. The van der Waals surface area contributed by atoms with E-state index in [1.165, 1.54) is 6.39 Å². The Morgan fingerprint density at radius 2 is 2.05 bits per heavy atom. The lowest BCUT2D eigenvalue weighted by molar-refractivity contribution is 0.274. The lowest BCUT2D eigenvalue weighted by atomic mass is 10.0. The van der Waals surface area contributed by atoms with Gasteiger partial charge < -0.3 is 9.32 Å². The highest BCUT2D eigenvalue weighted by Crippen LogP contribution is 2.34. The van der Waals surface area contributed by atoms with Crippen LogP contribution < -0.4 is 4.90 Å². The Kier molecular flexibility index (Phi) is 3.07. The highest BCUT2D eigenvalue weighted by molar-refractivity contribution is 5.46. The largest absolute Gasteiger partial charge is 0.427 e. The van der Waals surface area contributed by atoms with E-state index in [9.17, 15) is 0 Å². The van der Waals surface area contributed by atoms with Crippen molar-refractivity contribution in [2.24, 2.45) is 11.8 Å². The quantitative estimate of drug-likeness (QED) is 0.824. The van der Waals surface area contributed by atoms with E-state index in [1.807, 2.05) is 6.20 Å². The number of fused-ring (bicyclic) bond motifs is 1. The molecule has 0 aromatic carbocycles. The number of hydrogen-bond acceptors (Lipinski definition) is 7. The summed E-state index contributed by atoms with van der Waals surface area (Å²) in [7, 11) is 0. The number of anilines is 1. The summed E-state index contributed by atoms with van der Waals surface area (Å²) in [5.41, 5.74) is 1.15. The van der Waals surface area contributed by atoms with Crippen LogP contribution >= 0.6 is 0 Å². The number of aryl methyl sites for hydroxylation is 1. The van der Waals surface area contributed by atoms with Crippen molar-refractivity contribution in [3.63, 3.8) is 0 Å². The molecule has 21 heavy (non-hydrogen) atoms. The Morgan fingerprint density at radius 3 is 2.71 bits per heavy atom. The second-order valence-corrected chi connectivity index (χ2v) is 5.98. The molecule has 2 aliphatic heterocycles. The van der Waals surface area contributed by atoms with E-state index in [1.54, 1.807) is 6.33 Å². The van der Waals surface area contributed by atoms with Gasteiger partial charge in [-0.25, -0.2) is 9.97 Å². The van der Waals surface area contributed by atoms with E-state index in [0.29, 0.717) is 17.7 Å². The lowest BCUT2D eigenvalue weighted by Crippen LogP contribution is -2.29. The predicted molar refractivity (Wildman–Crippen MR) is 75.5 cm³/mol. The number of rotatable bonds is 3. The summed E-state index contributed by atoms with van der Waals surface area (Å²) in [6.45, 7) is 7.16. The molecule has 2 aromatic rings. The summed E-state index contributed by atoms with van der Waals surface area (Å²) in [5, 5.41) is 7.69. The SMILES string of the molecule is Cc1cncnc1N1CC2CN(Cc3nnco3)CC2C1. The molecule has 2 aliphatic rings. The number of hydrogen-bond donors (Lipinski definition) is 0. The van der Waals surface area contributed by atoms with Gasteiger partial charge in [0.1, 0.15) is 12.1 Å². The minimum atomic E-state index is 0.697. The van der Waals surface area contributed by atoms with Crippen LogP contribution in [0.15, 0.2) is 23.3 Å². The molecule has 7 heteroatoms. The minimum Gasteiger partial charge on any atom is -0.427 e. The van der Waals surface area contributed by atoms with Gasteiger partial charge in [0.15, 0.2) is 0 Å².